The molecule has 0 radical (unpaired) electrons. The van der Waals surface area contributed by atoms with E-state index in [1.807, 2.05) is 18.2 Å². The van der Waals surface area contributed by atoms with Crippen molar-refractivity contribution in [1.29, 1.82) is 0 Å². The maximum absolute atomic E-state index is 13.0. The summed E-state index contributed by atoms with van der Waals surface area (Å²) in [5, 5.41) is 4.69. The molecule has 1 aliphatic rings. The third-order valence-corrected chi connectivity index (χ3v) is 10.4. The van der Waals surface area contributed by atoms with Crippen molar-refractivity contribution in [3.63, 3.8) is 0 Å². The monoisotopic (exact) mass is 555 g/mol. The van der Waals surface area contributed by atoms with Gasteiger partial charge in [-0.3, -0.25) is 9.69 Å². The first-order valence-corrected chi connectivity index (χ1v) is 15.6. The van der Waals surface area contributed by atoms with E-state index in [2.05, 4.69) is 23.2 Å². The lowest BCUT2D eigenvalue weighted by Gasteiger charge is -2.26. The third kappa shape index (κ3) is 5.57. The normalized spacial score (nSPS) is 14.0. The molecule has 1 N–H and O–H groups in total. The highest BCUT2D eigenvalue weighted by Gasteiger charge is 2.28. The number of anilines is 1. The highest BCUT2D eigenvalue weighted by Crippen LogP contribution is 2.45. The van der Waals surface area contributed by atoms with Crippen LogP contribution in [0.15, 0.2) is 53.4 Å². The molecule has 2 aromatic heterocycles. The Labute approximate surface area is 225 Å². The molecule has 0 aliphatic carbocycles. The fourth-order valence-corrected chi connectivity index (χ4v) is 8.23. The first-order valence-electron chi connectivity index (χ1n) is 12.3. The van der Waals surface area contributed by atoms with E-state index < -0.39 is 9.84 Å². The first-order chi connectivity index (χ1) is 17.9. The molecule has 37 heavy (non-hydrogen) atoms. The van der Waals surface area contributed by atoms with Gasteiger partial charge in [0, 0.05) is 30.0 Å². The maximum Gasteiger partial charge on any atom is 0.226 e. The smallest absolute Gasteiger partial charge is 0.226 e. The van der Waals surface area contributed by atoms with Crippen LogP contribution >= 0.6 is 22.7 Å². The molecule has 194 valence electrons. The van der Waals surface area contributed by atoms with Crippen LogP contribution in [0, 0.1) is 0 Å². The lowest BCUT2D eigenvalue weighted by atomic mass is 10.0. The fraction of sp³-hybridized carbons (Fsp3) is 0.333. The number of carbonyl (C=O) groups excluding carboxylic acids is 1. The SMILES string of the molecule is CCCN1CCc2c(sc(NC(=O)CCS(=O)(=O)c3ccc(OC)cc3)c2-c2nc3ccccc3s2)C1. The molecule has 0 saturated carbocycles. The van der Waals surface area contributed by atoms with Gasteiger partial charge in [0.25, 0.3) is 0 Å². The van der Waals surface area contributed by atoms with E-state index in [1.165, 1.54) is 29.7 Å². The van der Waals surface area contributed by atoms with Gasteiger partial charge in [0.1, 0.15) is 15.8 Å². The second-order valence-electron chi connectivity index (χ2n) is 9.01. The van der Waals surface area contributed by atoms with Crippen LogP contribution in [-0.2, 0) is 27.6 Å². The molecular weight excluding hydrogens is 527 g/mol. The minimum atomic E-state index is -3.60. The predicted molar refractivity (Wildman–Crippen MR) is 150 cm³/mol. The number of hydrogen-bond donors (Lipinski definition) is 1. The highest BCUT2D eigenvalue weighted by atomic mass is 32.2. The largest absolute Gasteiger partial charge is 0.497 e. The van der Waals surface area contributed by atoms with Crippen LogP contribution in [0.2, 0.25) is 0 Å². The molecule has 0 atom stereocenters. The molecule has 2 aromatic carbocycles. The van der Waals surface area contributed by atoms with Gasteiger partial charge in [0.2, 0.25) is 5.91 Å². The Hall–Kier alpha value is -2.79. The zero-order valence-corrected chi connectivity index (χ0v) is 23.3. The fourth-order valence-electron chi connectivity index (χ4n) is 4.57. The lowest BCUT2D eigenvalue weighted by Crippen LogP contribution is -2.30. The van der Waals surface area contributed by atoms with Gasteiger partial charge in [-0.2, -0.15) is 0 Å². The molecule has 1 amide bonds. The van der Waals surface area contributed by atoms with Gasteiger partial charge in [-0.05, 0) is 61.3 Å². The molecule has 0 spiro atoms. The van der Waals surface area contributed by atoms with Gasteiger partial charge in [-0.15, -0.1) is 22.7 Å². The molecule has 0 fully saturated rings. The quantitative estimate of drug-likeness (QED) is 0.289. The second-order valence-corrected chi connectivity index (χ2v) is 13.3. The summed E-state index contributed by atoms with van der Waals surface area (Å²) in [7, 11) is -2.07. The van der Waals surface area contributed by atoms with Gasteiger partial charge in [0.05, 0.1) is 28.0 Å². The number of sulfone groups is 1. The van der Waals surface area contributed by atoms with Gasteiger partial charge < -0.3 is 10.1 Å². The summed E-state index contributed by atoms with van der Waals surface area (Å²) < 4.78 is 31.8. The van der Waals surface area contributed by atoms with Crippen molar-refractivity contribution in [3.05, 3.63) is 59.0 Å². The molecule has 4 aromatic rings. The Balaban J connectivity index is 1.39. The van der Waals surface area contributed by atoms with Crippen LogP contribution in [0.5, 0.6) is 5.75 Å². The van der Waals surface area contributed by atoms with E-state index in [-0.39, 0.29) is 23.0 Å². The van der Waals surface area contributed by atoms with E-state index in [9.17, 15) is 13.2 Å². The van der Waals surface area contributed by atoms with Gasteiger partial charge >= 0.3 is 0 Å². The number of fused-ring (bicyclic) bond motifs is 2. The standard InChI is InChI=1S/C27H29N3O4S3/c1-3-14-30-15-12-20-23(17-30)36-27(25(20)26-28-21-6-4-5-7-22(21)35-26)29-24(31)13-16-37(32,33)19-10-8-18(34-2)9-11-19/h4-11H,3,12-17H2,1-2H3,(H,29,31). The number of methoxy groups -OCH3 is 1. The number of hydrogen-bond acceptors (Lipinski definition) is 8. The Kier molecular flexibility index (Phi) is 7.62. The van der Waals surface area contributed by atoms with Gasteiger partial charge in [-0.1, -0.05) is 19.1 Å². The summed E-state index contributed by atoms with van der Waals surface area (Å²) >= 11 is 3.21. The minimum Gasteiger partial charge on any atom is -0.497 e. The minimum absolute atomic E-state index is 0.127. The average molecular weight is 556 g/mol. The Morgan fingerprint density at radius 3 is 2.65 bits per heavy atom. The van der Waals surface area contributed by atoms with Crippen LogP contribution in [-0.4, -0.2) is 50.2 Å². The van der Waals surface area contributed by atoms with E-state index in [0.29, 0.717) is 5.75 Å². The Morgan fingerprint density at radius 2 is 1.92 bits per heavy atom. The number of thiophene rings is 1. The van der Waals surface area contributed by atoms with Crippen LogP contribution in [0.1, 0.15) is 30.2 Å². The van der Waals surface area contributed by atoms with E-state index in [1.54, 1.807) is 34.8 Å². The zero-order valence-electron chi connectivity index (χ0n) is 20.8. The number of aromatic nitrogens is 1. The predicted octanol–water partition coefficient (Wildman–Crippen LogP) is 5.60. The Bertz CT molecular complexity index is 1490. The number of para-hydroxylation sites is 1. The van der Waals surface area contributed by atoms with Crippen LogP contribution in [0.4, 0.5) is 5.00 Å². The summed E-state index contributed by atoms with van der Waals surface area (Å²) in [6.07, 6.45) is 1.87. The molecule has 1 aliphatic heterocycles. The molecular formula is C27H29N3O4S3. The third-order valence-electron chi connectivity index (χ3n) is 6.45. The second kappa shape index (κ2) is 10.9. The van der Waals surface area contributed by atoms with Crippen molar-refractivity contribution in [2.75, 3.05) is 31.3 Å². The molecule has 5 rings (SSSR count). The van der Waals surface area contributed by atoms with Crippen LogP contribution in [0.3, 0.4) is 0 Å². The number of nitrogens with one attached hydrogen (secondary N) is 1. The summed E-state index contributed by atoms with van der Waals surface area (Å²) in [6.45, 7) is 5.05. The number of rotatable bonds is 9. The topological polar surface area (TPSA) is 88.6 Å². The van der Waals surface area contributed by atoms with Crippen LogP contribution < -0.4 is 10.1 Å². The van der Waals surface area contributed by atoms with Gasteiger partial charge in [-0.25, -0.2) is 13.4 Å². The lowest BCUT2D eigenvalue weighted by molar-refractivity contribution is -0.115. The number of thiazole rings is 1. The first kappa shape index (κ1) is 25.8. The van der Waals surface area contributed by atoms with Crippen molar-refractivity contribution in [2.45, 2.75) is 37.6 Å². The summed E-state index contributed by atoms with van der Waals surface area (Å²) in [4.78, 5) is 21.8. The van der Waals surface area contributed by atoms with Crippen molar-refractivity contribution < 1.29 is 17.9 Å². The van der Waals surface area contributed by atoms with Crippen molar-refractivity contribution in [3.8, 4) is 16.3 Å². The summed E-state index contributed by atoms with van der Waals surface area (Å²) in [5.41, 5.74) is 3.18. The number of ether oxygens (including phenoxy) is 1. The van der Waals surface area contributed by atoms with Gasteiger partial charge in [0.15, 0.2) is 9.84 Å². The summed E-state index contributed by atoms with van der Waals surface area (Å²) in [6, 6.07) is 14.3. The van der Waals surface area contributed by atoms with E-state index in [4.69, 9.17) is 9.72 Å². The van der Waals surface area contributed by atoms with Crippen LogP contribution in [0.25, 0.3) is 20.8 Å². The molecule has 3 heterocycles. The number of nitrogens with zero attached hydrogens (tertiary/aromatic N) is 2. The average Bonchev–Trinajstić information content (AvgIpc) is 3.48. The van der Waals surface area contributed by atoms with Crippen molar-refractivity contribution in [2.24, 2.45) is 0 Å². The Morgan fingerprint density at radius 1 is 1.14 bits per heavy atom. The molecule has 0 unspecified atom stereocenters. The molecule has 0 bridgehead atoms. The number of benzene rings is 2. The number of amides is 1. The maximum atomic E-state index is 13.0. The van der Waals surface area contributed by atoms with Crippen molar-refractivity contribution in [1.82, 2.24) is 9.88 Å². The molecule has 7 nitrogen and oxygen atoms in total. The molecule has 0 saturated heterocycles. The van der Waals surface area contributed by atoms with E-state index >= 15 is 0 Å². The zero-order chi connectivity index (χ0) is 26.0. The van der Waals surface area contributed by atoms with E-state index in [0.717, 1.165) is 58.3 Å². The number of carbonyl (C=O) groups is 1. The highest BCUT2D eigenvalue weighted by molar-refractivity contribution is 7.91. The van der Waals surface area contributed by atoms with Crippen molar-refractivity contribution >= 4 is 53.6 Å². The molecule has 10 heteroatoms. The summed E-state index contributed by atoms with van der Waals surface area (Å²) in [5.74, 6) is -0.00141.